The lowest BCUT2D eigenvalue weighted by Gasteiger charge is -2.22. The van der Waals surface area contributed by atoms with Crippen LogP contribution >= 0.6 is 11.3 Å². The van der Waals surface area contributed by atoms with Crippen LogP contribution in [-0.2, 0) is 19.3 Å². The molecule has 0 spiro atoms. The molecular weight excluding hydrogens is 448 g/mol. The highest BCUT2D eigenvalue weighted by Crippen LogP contribution is 2.30. The first-order chi connectivity index (χ1) is 16.6. The quantitative estimate of drug-likeness (QED) is 0.499. The Morgan fingerprint density at radius 3 is 2.53 bits per heavy atom. The number of hydrogen-bond donors (Lipinski definition) is 2. The molecule has 0 saturated carbocycles. The Bertz CT molecular complexity index is 1200. The maximum absolute atomic E-state index is 12.6. The lowest BCUT2D eigenvalue weighted by Crippen LogP contribution is -2.38. The summed E-state index contributed by atoms with van der Waals surface area (Å²) < 4.78 is 5.56. The summed E-state index contributed by atoms with van der Waals surface area (Å²) in [7, 11) is 0. The van der Waals surface area contributed by atoms with E-state index in [2.05, 4.69) is 21.7 Å². The standard InChI is InChI=1S/C26H26N4O3S/c1-2-15-33-21-10-7-19(8-11-21)25(32)30-26-29-22-12-9-20(16-23(22)34-26)28-24(31)18-5-3-17(4-6-18)13-14-27/h3-8,10-11,20H,2,9,12-13,15-16H2,1H3,(H,28,31)(H,29,30,32). The molecule has 1 aromatic heterocycles. The van der Waals surface area contributed by atoms with E-state index in [0.29, 0.717) is 35.7 Å². The normalized spacial score (nSPS) is 14.5. The number of carbonyl (C=O) groups excluding carboxylic acids is 2. The average molecular weight is 475 g/mol. The second-order valence-electron chi connectivity index (χ2n) is 8.16. The van der Waals surface area contributed by atoms with Gasteiger partial charge in [0, 0.05) is 28.5 Å². The summed E-state index contributed by atoms with van der Waals surface area (Å²) in [6.45, 7) is 2.69. The van der Waals surface area contributed by atoms with Gasteiger partial charge in [-0.15, -0.1) is 11.3 Å². The predicted molar refractivity (Wildman–Crippen MR) is 131 cm³/mol. The molecule has 8 heteroatoms. The van der Waals surface area contributed by atoms with Crippen molar-refractivity contribution in [1.29, 1.82) is 5.26 Å². The monoisotopic (exact) mass is 474 g/mol. The second-order valence-corrected chi connectivity index (χ2v) is 9.24. The minimum absolute atomic E-state index is 0.0125. The van der Waals surface area contributed by atoms with Crippen molar-refractivity contribution in [2.24, 2.45) is 0 Å². The zero-order valence-corrected chi connectivity index (χ0v) is 19.8. The van der Waals surface area contributed by atoms with Gasteiger partial charge in [-0.1, -0.05) is 19.1 Å². The van der Waals surface area contributed by atoms with Gasteiger partial charge in [0.2, 0.25) is 0 Å². The molecule has 4 rings (SSSR count). The average Bonchev–Trinajstić information content (AvgIpc) is 3.25. The summed E-state index contributed by atoms with van der Waals surface area (Å²) in [6, 6.07) is 16.3. The van der Waals surface area contributed by atoms with E-state index in [4.69, 9.17) is 10.00 Å². The van der Waals surface area contributed by atoms with Gasteiger partial charge in [-0.05, 0) is 61.2 Å². The van der Waals surface area contributed by atoms with E-state index in [-0.39, 0.29) is 17.9 Å². The number of ether oxygens (including phenoxy) is 1. The number of anilines is 1. The molecular formula is C26H26N4O3S. The lowest BCUT2D eigenvalue weighted by molar-refractivity contribution is 0.0933. The number of rotatable bonds is 8. The smallest absolute Gasteiger partial charge is 0.257 e. The predicted octanol–water partition coefficient (Wildman–Crippen LogP) is 4.54. The number of benzene rings is 2. The number of carbonyl (C=O) groups is 2. The first-order valence-electron chi connectivity index (χ1n) is 11.3. The van der Waals surface area contributed by atoms with Crippen LogP contribution in [0.1, 0.15) is 56.6 Å². The molecule has 2 amide bonds. The van der Waals surface area contributed by atoms with Crippen LogP contribution in [0.2, 0.25) is 0 Å². The van der Waals surface area contributed by atoms with Crippen molar-refractivity contribution in [3.05, 3.63) is 75.8 Å². The number of aryl methyl sites for hydroxylation is 1. The van der Waals surface area contributed by atoms with Crippen molar-refractivity contribution in [2.45, 2.75) is 45.1 Å². The number of aromatic nitrogens is 1. The van der Waals surface area contributed by atoms with Crippen LogP contribution in [0, 0.1) is 11.3 Å². The van der Waals surface area contributed by atoms with Crippen LogP contribution in [0.5, 0.6) is 5.75 Å². The van der Waals surface area contributed by atoms with Gasteiger partial charge in [-0.3, -0.25) is 14.9 Å². The van der Waals surface area contributed by atoms with Gasteiger partial charge < -0.3 is 10.1 Å². The Morgan fingerprint density at radius 2 is 1.82 bits per heavy atom. The number of fused-ring (bicyclic) bond motifs is 1. The number of amides is 2. The summed E-state index contributed by atoms with van der Waals surface area (Å²) in [6.07, 6.45) is 3.48. The van der Waals surface area contributed by atoms with Crippen LogP contribution in [0.15, 0.2) is 48.5 Å². The second kappa shape index (κ2) is 10.9. The molecule has 1 aliphatic rings. The highest BCUT2D eigenvalue weighted by molar-refractivity contribution is 7.15. The van der Waals surface area contributed by atoms with E-state index in [9.17, 15) is 9.59 Å². The molecule has 174 valence electrons. The Labute approximate surface area is 202 Å². The van der Waals surface area contributed by atoms with Gasteiger partial charge in [0.15, 0.2) is 5.13 Å². The molecule has 1 heterocycles. The Hall–Kier alpha value is -3.70. The van der Waals surface area contributed by atoms with Crippen LogP contribution < -0.4 is 15.4 Å². The summed E-state index contributed by atoms with van der Waals surface area (Å²) >= 11 is 1.46. The van der Waals surface area contributed by atoms with Crippen LogP contribution in [0.3, 0.4) is 0 Å². The van der Waals surface area contributed by atoms with E-state index < -0.39 is 0 Å². The molecule has 0 fully saturated rings. The Balaban J connectivity index is 1.33. The third-order valence-corrected chi connectivity index (χ3v) is 6.62. The van der Waals surface area contributed by atoms with Crippen molar-refractivity contribution in [3.63, 3.8) is 0 Å². The largest absolute Gasteiger partial charge is 0.494 e. The maximum Gasteiger partial charge on any atom is 0.257 e. The lowest BCUT2D eigenvalue weighted by atomic mass is 9.97. The molecule has 1 aliphatic carbocycles. The van der Waals surface area contributed by atoms with Crippen LogP contribution in [-0.4, -0.2) is 29.4 Å². The molecule has 3 aromatic rings. The minimum Gasteiger partial charge on any atom is -0.494 e. The van der Waals surface area contributed by atoms with E-state index in [0.717, 1.165) is 41.1 Å². The van der Waals surface area contributed by atoms with Crippen molar-refractivity contribution in [3.8, 4) is 11.8 Å². The summed E-state index contributed by atoms with van der Waals surface area (Å²) in [4.78, 5) is 30.9. The van der Waals surface area contributed by atoms with Gasteiger partial charge in [0.1, 0.15) is 5.75 Å². The topological polar surface area (TPSA) is 104 Å². The maximum atomic E-state index is 12.6. The summed E-state index contributed by atoms with van der Waals surface area (Å²) in [5.41, 5.74) is 3.00. The fourth-order valence-corrected chi connectivity index (χ4v) is 4.86. The van der Waals surface area contributed by atoms with E-state index >= 15 is 0 Å². The highest BCUT2D eigenvalue weighted by atomic mass is 32.1. The SMILES string of the molecule is CCCOc1ccc(C(=O)Nc2nc3c(s2)CC(NC(=O)c2ccc(CC#N)cc2)CC3)cc1. The van der Waals surface area contributed by atoms with Crippen LogP contribution in [0.4, 0.5) is 5.13 Å². The molecule has 34 heavy (non-hydrogen) atoms. The number of thiazole rings is 1. The van der Waals surface area contributed by atoms with Gasteiger partial charge in [0.25, 0.3) is 11.8 Å². The van der Waals surface area contributed by atoms with Gasteiger partial charge in [0.05, 0.1) is 24.8 Å². The Morgan fingerprint density at radius 1 is 1.12 bits per heavy atom. The summed E-state index contributed by atoms with van der Waals surface area (Å²) in [5, 5.41) is 15.3. The van der Waals surface area contributed by atoms with Crippen LogP contribution in [0.25, 0.3) is 0 Å². The molecule has 7 nitrogen and oxygen atoms in total. The van der Waals surface area contributed by atoms with Crippen molar-refractivity contribution >= 4 is 28.3 Å². The molecule has 0 bridgehead atoms. The fraction of sp³-hybridized carbons (Fsp3) is 0.308. The molecule has 1 atom stereocenters. The summed E-state index contributed by atoms with van der Waals surface area (Å²) in [5.74, 6) is 0.411. The van der Waals surface area contributed by atoms with Crippen molar-refractivity contribution in [1.82, 2.24) is 10.3 Å². The molecule has 2 N–H and O–H groups in total. The van der Waals surface area contributed by atoms with Gasteiger partial charge >= 0.3 is 0 Å². The molecule has 0 radical (unpaired) electrons. The minimum atomic E-state index is -0.210. The number of nitrogens with one attached hydrogen (secondary N) is 2. The molecule has 2 aromatic carbocycles. The number of hydrogen-bond acceptors (Lipinski definition) is 6. The van der Waals surface area contributed by atoms with Gasteiger partial charge in [-0.2, -0.15) is 5.26 Å². The zero-order valence-electron chi connectivity index (χ0n) is 19.0. The molecule has 1 unspecified atom stereocenters. The van der Waals surface area contributed by atoms with E-state index in [1.165, 1.54) is 11.3 Å². The van der Waals surface area contributed by atoms with E-state index in [1.54, 1.807) is 48.5 Å². The highest BCUT2D eigenvalue weighted by Gasteiger charge is 2.25. The Kier molecular flexibility index (Phi) is 7.55. The third-order valence-electron chi connectivity index (χ3n) is 5.58. The molecule has 0 saturated heterocycles. The van der Waals surface area contributed by atoms with E-state index in [1.807, 2.05) is 6.92 Å². The van der Waals surface area contributed by atoms with Gasteiger partial charge in [-0.25, -0.2) is 4.98 Å². The fourth-order valence-electron chi connectivity index (χ4n) is 3.78. The molecule has 0 aliphatic heterocycles. The third kappa shape index (κ3) is 5.80. The zero-order chi connectivity index (χ0) is 23.9. The first-order valence-corrected chi connectivity index (χ1v) is 12.2. The first kappa shape index (κ1) is 23.5. The number of nitriles is 1. The van der Waals surface area contributed by atoms with Crippen molar-refractivity contribution < 1.29 is 14.3 Å². The van der Waals surface area contributed by atoms with Crippen molar-refractivity contribution in [2.75, 3.05) is 11.9 Å². The number of nitrogens with zero attached hydrogens (tertiary/aromatic N) is 2.